The number of aromatic nitrogens is 2. The minimum absolute atomic E-state index is 0.104. The zero-order chi connectivity index (χ0) is 23.4. The number of hydrogen-bond donors (Lipinski definition) is 2. The van der Waals surface area contributed by atoms with Gasteiger partial charge < -0.3 is 24.8 Å². The molecule has 10 nitrogen and oxygen atoms in total. The van der Waals surface area contributed by atoms with Gasteiger partial charge in [-0.05, 0) is 24.1 Å². The lowest BCUT2D eigenvalue weighted by Gasteiger charge is -2.29. The lowest BCUT2D eigenvalue weighted by Crippen LogP contribution is -2.44. The van der Waals surface area contributed by atoms with Crippen LogP contribution in [0.3, 0.4) is 0 Å². The first-order chi connectivity index (χ1) is 16.0. The van der Waals surface area contributed by atoms with Crippen molar-refractivity contribution in [1.82, 2.24) is 14.0 Å². The van der Waals surface area contributed by atoms with E-state index < -0.39 is 17.6 Å². The second kappa shape index (κ2) is 10.7. The Morgan fingerprint density at radius 2 is 1.91 bits per heavy atom. The van der Waals surface area contributed by atoms with E-state index in [4.69, 9.17) is 21.1 Å². The zero-order valence-corrected chi connectivity index (χ0v) is 19.5. The fraction of sp³-hybridized carbons (Fsp3) is 0.545. The number of anilines is 2. The minimum atomic E-state index is -0.608. The highest BCUT2D eigenvalue weighted by Gasteiger charge is 2.35. The van der Waals surface area contributed by atoms with Gasteiger partial charge in [-0.15, -0.1) is 0 Å². The van der Waals surface area contributed by atoms with Gasteiger partial charge in [0.05, 0.1) is 19.8 Å². The fourth-order valence-corrected chi connectivity index (χ4v) is 4.24. The van der Waals surface area contributed by atoms with E-state index in [2.05, 4.69) is 10.2 Å². The van der Waals surface area contributed by atoms with E-state index in [0.29, 0.717) is 49.3 Å². The van der Waals surface area contributed by atoms with Gasteiger partial charge in [0.15, 0.2) is 0 Å². The van der Waals surface area contributed by atoms with Crippen LogP contribution < -0.4 is 21.5 Å². The van der Waals surface area contributed by atoms with E-state index >= 15 is 0 Å². The van der Waals surface area contributed by atoms with Crippen molar-refractivity contribution < 1.29 is 14.6 Å². The molecule has 1 saturated heterocycles. The van der Waals surface area contributed by atoms with Crippen LogP contribution in [0.25, 0.3) is 0 Å². The van der Waals surface area contributed by atoms with Crippen molar-refractivity contribution in [1.29, 1.82) is 0 Å². The molecule has 1 unspecified atom stereocenters. The van der Waals surface area contributed by atoms with Crippen molar-refractivity contribution in [2.24, 2.45) is 7.05 Å². The molecule has 0 radical (unpaired) electrons. The first-order valence-corrected chi connectivity index (χ1v) is 11.5. The lowest BCUT2D eigenvalue weighted by atomic mass is 10.2. The molecule has 180 valence electrons. The largest absolute Gasteiger partial charge is 0.396 e. The molecule has 2 aliphatic rings. The summed E-state index contributed by atoms with van der Waals surface area (Å²) in [5.74, 6) is 0.426. The third-order valence-electron chi connectivity index (χ3n) is 5.95. The van der Waals surface area contributed by atoms with Crippen molar-refractivity contribution in [2.45, 2.75) is 25.9 Å². The maximum atomic E-state index is 13.3. The molecule has 4 rings (SSSR count). The molecule has 1 fully saturated rings. The molecule has 0 bridgehead atoms. The van der Waals surface area contributed by atoms with Crippen molar-refractivity contribution in [2.75, 3.05) is 56.3 Å². The molecule has 0 saturated carbocycles. The molecular weight excluding hydrogens is 450 g/mol. The normalized spacial score (nSPS) is 18.4. The van der Waals surface area contributed by atoms with Gasteiger partial charge in [-0.25, -0.2) is 4.79 Å². The number of fused-ring (bicyclic) bond motifs is 1. The van der Waals surface area contributed by atoms with Crippen LogP contribution in [0.5, 0.6) is 0 Å². The SMILES string of the molecule is Cn1c2c(c(=O)n(CCCO)c1=O)N(Cc1ccc(Cl)cc1)C(OCCN1CCOCC1)N2. The van der Waals surface area contributed by atoms with Gasteiger partial charge in [0.1, 0.15) is 11.5 Å². The van der Waals surface area contributed by atoms with Crippen LogP contribution in [0.2, 0.25) is 5.02 Å². The Kier molecular flexibility index (Phi) is 7.71. The Hall–Kier alpha value is -2.37. The number of morpholine rings is 1. The quantitative estimate of drug-likeness (QED) is 0.540. The van der Waals surface area contributed by atoms with E-state index in [1.54, 1.807) is 19.2 Å². The highest BCUT2D eigenvalue weighted by atomic mass is 35.5. The fourth-order valence-electron chi connectivity index (χ4n) is 4.11. The second-order valence-corrected chi connectivity index (χ2v) is 8.59. The van der Waals surface area contributed by atoms with E-state index in [1.165, 1.54) is 9.13 Å². The predicted molar refractivity (Wildman–Crippen MR) is 126 cm³/mol. The topological polar surface area (TPSA) is 101 Å². The van der Waals surface area contributed by atoms with Crippen molar-refractivity contribution in [3.63, 3.8) is 0 Å². The Bertz CT molecular complexity index is 1060. The summed E-state index contributed by atoms with van der Waals surface area (Å²) < 4.78 is 14.2. The van der Waals surface area contributed by atoms with Gasteiger partial charge in [-0.3, -0.25) is 18.8 Å². The highest BCUT2D eigenvalue weighted by molar-refractivity contribution is 6.30. The van der Waals surface area contributed by atoms with Gasteiger partial charge in [0.25, 0.3) is 5.56 Å². The summed E-state index contributed by atoms with van der Waals surface area (Å²) in [6.07, 6.45) is -0.290. The number of benzene rings is 1. The first-order valence-electron chi connectivity index (χ1n) is 11.1. The molecule has 0 amide bonds. The number of nitrogens with zero attached hydrogens (tertiary/aromatic N) is 4. The Morgan fingerprint density at radius 3 is 2.61 bits per heavy atom. The van der Waals surface area contributed by atoms with E-state index in [9.17, 15) is 14.7 Å². The highest BCUT2D eigenvalue weighted by Crippen LogP contribution is 2.32. The van der Waals surface area contributed by atoms with Crippen LogP contribution in [0, 0.1) is 0 Å². The van der Waals surface area contributed by atoms with E-state index in [0.717, 1.165) is 25.2 Å². The summed E-state index contributed by atoms with van der Waals surface area (Å²) in [4.78, 5) is 30.3. The van der Waals surface area contributed by atoms with E-state index in [1.807, 2.05) is 17.0 Å². The summed E-state index contributed by atoms with van der Waals surface area (Å²) in [5.41, 5.74) is 0.495. The summed E-state index contributed by atoms with van der Waals surface area (Å²) in [6.45, 7) is 4.78. The molecule has 3 heterocycles. The van der Waals surface area contributed by atoms with Gasteiger partial charge in [0, 0.05) is 51.4 Å². The van der Waals surface area contributed by atoms with Gasteiger partial charge >= 0.3 is 5.69 Å². The summed E-state index contributed by atoms with van der Waals surface area (Å²) >= 11 is 6.04. The monoisotopic (exact) mass is 479 g/mol. The average molecular weight is 480 g/mol. The van der Waals surface area contributed by atoms with Gasteiger partial charge in [-0.2, -0.15) is 0 Å². The lowest BCUT2D eigenvalue weighted by molar-refractivity contribution is 0.00806. The molecule has 1 aromatic heterocycles. The minimum Gasteiger partial charge on any atom is -0.396 e. The molecule has 2 aromatic rings. The summed E-state index contributed by atoms with van der Waals surface area (Å²) in [6, 6.07) is 7.40. The van der Waals surface area contributed by atoms with Crippen LogP contribution in [-0.2, 0) is 29.6 Å². The van der Waals surface area contributed by atoms with Gasteiger partial charge in [0.2, 0.25) is 6.35 Å². The van der Waals surface area contributed by atoms with Crippen molar-refractivity contribution in [3.8, 4) is 0 Å². The average Bonchev–Trinajstić information content (AvgIpc) is 3.18. The Morgan fingerprint density at radius 1 is 1.18 bits per heavy atom. The van der Waals surface area contributed by atoms with Crippen molar-refractivity contribution >= 4 is 23.1 Å². The molecule has 1 aromatic carbocycles. The summed E-state index contributed by atoms with van der Waals surface area (Å²) in [7, 11) is 1.62. The number of aliphatic hydroxyl groups excluding tert-OH is 1. The van der Waals surface area contributed by atoms with Crippen molar-refractivity contribution in [3.05, 3.63) is 55.7 Å². The third-order valence-corrected chi connectivity index (χ3v) is 6.20. The third kappa shape index (κ3) is 5.25. The molecule has 2 aliphatic heterocycles. The maximum absolute atomic E-state index is 13.3. The number of hydrogen-bond acceptors (Lipinski definition) is 8. The molecule has 2 N–H and O–H groups in total. The molecule has 0 spiro atoms. The first kappa shape index (κ1) is 23.8. The zero-order valence-electron chi connectivity index (χ0n) is 18.7. The summed E-state index contributed by atoms with van der Waals surface area (Å²) in [5, 5.41) is 13.1. The molecule has 33 heavy (non-hydrogen) atoms. The molecule has 0 aliphatic carbocycles. The number of aliphatic hydroxyl groups is 1. The maximum Gasteiger partial charge on any atom is 0.332 e. The Labute approximate surface area is 196 Å². The Balaban J connectivity index is 1.61. The van der Waals surface area contributed by atoms with Crippen LogP contribution in [0.4, 0.5) is 11.5 Å². The number of ether oxygens (including phenoxy) is 2. The number of rotatable bonds is 9. The molecule has 1 atom stereocenters. The predicted octanol–water partition coefficient (Wildman–Crippen LogP) is 0.647. The number of halogens is 1. The van der Waals surface area contributed by atoms with Crippen LogP contribution in [-0.4, -0.2) is 71.6 Å². The van der Waals surface area contributed by atoms with Crippen LogP contribution in [0.15, 0.2) is 33.9 Å². The smallest absolute Gasteiger partial charge is 0.332 e. The van der Waals surface area contributed by atoms with Crippen LogP contribution in [0.1, 0.15) is 12.0 Å². The number of nitrogens with one attached hydrogen (secondary N) is 1. The second-order valence-electron chi connectivity index (χ2n) is 8.15. The van der Waals surface area contributed by atoms with E-state index in [-0.39, 0.29) is 13.2 Å². The molecular formula is C22H30ClN5O5. The standard InChI is InChI=1S/C22H30ClN5O5/c1-25-19-18(20(30)27(22(25)31)7-2-11-29)28(15-16-3-5-17(23)6-4-16)21(24-19)33-14-10-26-8-12-32-13-9-26/h3-6,21,24,29H,2,7-15H2,1H3. The molecule has 11 heteroatoms. The van der Waals surface area contributed by atoms with Crippen LogP contribution >= 0.6 is 11.6 Å². The van der Waals surface area contributed by atoms with Gasteiger partial charge in [-0.1, -0.05) is 23.7 Å².